The van der Waals surface area contributed by atoms with E-state index in [9.17, 15) is 19.2 Å². The molecule has 0 saturated heterocycles. The van der Waals surface area contributed by atoms with Crippen LogP contribution in [0.5, 0.6) is 0 Å². The first kappa shape index (κ1) is 44.2. The molecule has 4 rings (SSSR count). The van der Waals surface area contributed by atoms with E-state index in [1.807, 2.05) is 37.3 Å². The number of nitrogen functional groups attached to an aromatic ring is 2. The molecule has 0 aromatic carbocycles. The fourth-order valence-electron chi connectivity index (χ4n) is 6.75. The number of unbranched alkanes of at least 4 members (excludes halogenated alkanes) is 6. The van der Waals surface area contributed by atoms with Crippen molar-refractivity contribution in [3.05, 3.63) is 71.8 Å². The number of carbonyl (C=O) groups excluding carboxylic acids is 4. The molecule has 0 saturated carbocycles. The number of anilines is 4. The highest BCUT2D eigenvalue weighted by Gasteiger charge is 2.19. The summed E-state index contributed by atoms with van der Waals surface area (Å²) in [5.41, 5.74) is 16.2. The Labute approximate surface area is 336 Å². The van der Waals surface area contributed by atoms with E-state index in [0.29, 0.717) is 71.7 Å². The monoisotopic (exact) mass is 789 g/mol. The molecule has 4 aromatic rings. The predicted octanol–water partition coefficient (Wildman–Crippen LogP) is 4.43. The Morgan fingerprint density at radius 3 is 1.25 bits per heavy atom. The Bertz CT molecular complexity index is 1800. The van der Waals surface area contributed by atoms with Crippen molar-refractivity contribution in [2.75, 3.05) is 76.5 Å². The number of aryl methyl sites for hydroxylation is 4. The smallest absolute Gasteiger partial charge is 0.272 e. The van der Waals surface area contributed by atoms with Crippen LogP contribution in [0.15, 0.2) is 49.1 Å². The lowest BCUT2D eigenvalue weighted by Gasteiger charge is -2.10. The standard InChI is InChI=1S/C41H64N12O4/c1-48(2)18-14-16-44-38(54)34-24-32(28-50(34)5)46-40(56)36-22-30(42)26-52(36)20-12-10-8-7-9-11-13-21-53-27-31(43)23-37(53)41(57)47-33-25-35(51(6)29-33)39(55)45-17-15-19-49(3)4/h22-29H,7-21,42-43H2,1-6H3,(H,44,54)(H,45,55)(H,46,56)(H,47,57). The first-order valence-electron chi connectivity index (χ1n) is 19.9. The minimum atomic E-state index is -0.277. The van der Waals surface area contributed by atoms with E-state index in [0.717, 1.165) is 70.9 Å². The number of aromatic nitrogens is 4. The van der Waals surface area contributed by atoms with Crippen molar-refractivity contribution in [2.24, 2.45) is 14.1 Å². The summed E-state index contributed by atoms with van der Waals surface area (Å²) in [6, 6.07) is 6.72. The van der Waals surface area contributed by atoms with E-state index >= 15 is 0 Å². The van der Waals surface area contributed by atoms with Crippen molar-refractivity contribution in [1.29, 1.82) is 0 Å². The van der Waals surface area contributed by atoms with Crippen LogP contribution in [-0.2, 0) is 27.2 Å². The number of nitrogens with one attached hydrogen (secondary N) is 4. The van der Waals surface area contributed by atoms with Crippen molar-refractivity contribution in [2.45, 2.75) is 70.9 Å². The third-order valence-corrected chi connectivity index (χ3v) is 9.72. The second kappa shape index (κ2) is 21.7. The number of hydrogen-bond acceptors (Lipinski definition) is 8. The van der Waals surface area contributed by atoms with Crippen LogP contribution >= 0.6 is 0 Å². The maximum Gasteiger partial charge on any atom is 0.272 e. The van der Waals surface area contributed by atoms with Gasteiger partial charge in [0.2, 0.25) is 0 Å². The van der Waals surface area contributed by atoms with Gasteiger partial charge in [0.15, 0.2) is 0 Å². The largest absolute Gasteiger partial charge is 0.397 e. The molecule has 0 fully saturated rings. The molecule has 0 atom stereocenters. The van der Waals surface area contributed by atoms with Crippen LogP contribution in [0.4, 0.5) is 22.7 Å². The van der Waals surface area contributed by atoms with Crippen LogP contribution in [0.25, 0.3) is 0 Å². The van der Waals surface area contributed by atoms with Gasteiger partial charge in [-0.2, -0.15) is 0 Å². The molecule has 0 aliphatic carbocycles. The maximum atomic E-state index is 13.2. The Kier molecular flexibility index (Phi) is 16.9. The van der Waals surface area contributed by atoms with E-state index in [1.165, 1.54) is 0 Å². The average molecular weight is 789 g/mol. The summed E-state index contributed by atoms with van der Waals surface area (Å²) in [6.45, 7) is 4.26. The number of carbonyl (C=O) groups is 4. The van der Waals surface area contributed by atoms with Gasteiger partial charge < -0.3 is 60.8 Å². The number of rotatable bonds is 24. The molecule has 57 heavy (non-hydrogen) atoms. The first-order chi connectivity index (χ1) is 27.2. The van der Waals surface area contributed by atoms with Crippen LogP contribution in [0.3, 0.4) is 0 Å². The quantitative estimate of drug-likeness (QED) is 0.0562. The number of nitrogens with zero attached hydrogens (tertiary/aromatic N) is 6. The zero-order valence-corrected chi connectivity index (χ0v) is 34.7. The van der Waals surface area contributed by atoms with Crippen LogP contribution in [-0.4, -0.2) is 106 Å². The van der Waals surface area contributed by atoms with Crippen molar-refractivity contribution in [3.63, 3.8) is 0 Å². The fourth-order valence-corrected chi connectivity index (χ4v) is 6.75. The summed E-state index contributed by atoms with van der Waals surface area (Å²) in [4.78, 5) is 56.0. The van der Waals surface area contributed by atoms with Crippen LogP contribution < -0.4 is 32.7 Å². The molecule has 8 N–H and O–H groups in total. The zero-order valence-electron chi connectivity index (χ0n) is 34.7. The number of amides is 4. The van der Waals surface area contributed by atoms with Gasteiger partial charge in [-0.15, -0.1) is 0 Å². The molecule has 0 bridgehead atoms. The Hall–Kier alpha value is -5.48. The fraction of sp³-hybridized carbons (Fsp3) is 0.512. The normalized spacial score (nSPS) is 11.4. The summed E-state index contributed by atoms with van der Waals surface area (Å²) < 4.78 is 7.20. The zero-order chi connectivity index (χ0) is 41.5. The highest BCUT2D eigenvalue weighted by atomic mass is 16.2. The Balaban J connectivity index is 1.15. The van der Waals surface area contributed by atoms with E-state index < -0.39 is 0 Å². The first-order valence-corrected chi connectivity index (χ1v) is 19.9. The van der Waals surface area contributed by atoms with Gasteiger partial charge in [0.1, 0.15) is 22.8 Å². The summed E-state index contributed by atoms with van der Waals surface area (Å²) in [7, 11) is 11.5. The topological polar surface area (TPSA) is 195 Å². The number of hydrogen-bond donors (Lipinski definition) is 6. The molecule has 0 aliphatic heterocycles. The lowest BCUT2D eigenvalue weighted by Crippen LogP contribution is -2.28. The lowest BCUT2D eigenvalue weighted by molar-refractivity contribution is 0.0936. The summed E-state index contributed by atoms with van der Waals surface area (Å²) in [6.07, 6.45) is 15.8. The summed E-state index contributed by atoms with van der Waals surface area (Å²) in [5.74, 6) is -0.918. The van der Waals surface area contributed by atoms with Gasteiger partial charge in [-0.1, -0.05) is 32.1 Å². The minimum Gasteiger partial charge on any atom is -0.397 e. The third-order valence-electron chi connectivity index (χ3n) is 9.72. The van der Waals surface area contributed by atoms with Gasteiger partial charge in [0.25, 0.3) is 23.6 Å². The molecule has 0 radical (unpaired) electrons. The molecule has 4 amide bonds. The van der Waals surface area contributed by atoms with E-state index in [-0.39, 0.29) is 23.6 Å². The van der Waals surface area contributed by atoms with Crippen LogP contribution in [0.1, 0.15) is 99.7 Å². The average Bonchev–Trinajstić information content (AvgIpc) is 3.92. The number of nitrogens with two attached hydrogens (primary N) is 2. The van der Waals surface area contributed by atoms with Crippen LogP contribution in [0.2, 0.25) is 0 Å². The van der Waals surface area contributed by atoms with Gasteiger partial charge in [0, 0.05) is 65.1 Å². The molecule has 0 unspecified atom stereocenters. The molecule has 312 valence electrons. The molecule has 4 aromatic heterocycles. The maximum absolute atomic E-state index is 13.2. The van der Waals surface area contributed by atoms with Crippen molar-refractivity contribution < 1.29 is 19.2 Å². The highest BCUT2D eigenvalue weighted by molar-refractivity contribution is 6.05. The van der Waals surface area contributed by atoms with Crippen molar-refractivity contribution in [1.82, 2.24) is 38.7 Å². The second-order valence-corrected chi connectivity index (χ2v) is 15.4. The van der Waals surface area contributed by atoms with Gasteiger partial charge in [-0.25, -0.2) is 0 Å². The van der Waals surface area contributed by atoms with Crippen molar-refractivity contribution in [3.8, 4) is 0 Å². The molecular formula is C41H64N12O4. The Morgan fingerprint density at radius 2 is 0.877 bits per heavy atom. The van der Waals surface area contributed by atoms with E-state index in [4.69, 9.17) is 11.5 Å². The molecule has 0 spiro atoms. The van der Waals surface area contributed by atoms with Gasteiger partial charge in [0.05, 0.1) is 22.7 Å². The molecule has 4 heterocycles. The van der Waals surface area contributed by atoms with Gasteiger partial charge in [-0.3, -0.25) is 19.2 Å². The SMILES string of the molecule is CN(C)CCCNC(=O)c1cc(NC(=O)c2cc(N)cn2CCCCCCCCCn2cc(N)cc2C(=O)Nc2cc(C(=O)NCCCN(C)C)n(C)c2)cn1C. The van der Waals surface area contributed by atoms with E-state index in [1.54, 1.807) is 72.3 Å². The van der Waals surface area contributed by atoms with E-state index in [2.05, 4.69) is 31.1 Å². The predicted molar refractivity (Wildman–Crippen MR) is 228 cm³/mol. The molecular weight excluding hydrogens is 725 g/mol. The minimum absolute atomic E-state index is 0.182. The van der Waals surface area contributed by atoms with Gasteiger partial charge in [-0.05, 0) is 91.2 Å². The third kappa shape index (κ3) is 13.9. The van der Waals surface area contributed by atoms with Crippen molar-refractivity contribution >= 4 is 46.4 Å². The molecule has 0 aliphatic rings. The summed E-state index contributed by atoms with van der Waals surface area (Å²) in [5, 5.41) is 11.7. The lowest BCUT2D eigenvalue weighted by atomic mass is 10.1. The molecule has 16 heteroatoms. The second-order valence-electron chi connectivity index (χ2n) is 15.4. The highest BCUT2D eigenvalue weighted by Crippen LogP contribution is 2.20. The molecule has 16 nitrogen and oxygen atoms in total. The van der Waals surface area contributed by atoms with Crippen LogP contribution in [0, 0.1) is 0 Å². The Morgan fingerprint density at radius 1 is 0.509 bits per heavy atom. The van der Waals surface area contributed by atoms with Gasteiger partial charge >= 0.3 is 0 Å². The summed E-state index contributed by atoms with van der Waals surface area (Å²) >= 11 is 0.